The van der Waals surface area contributed by atoms with Crippen molar-refractivity contribution in [2.24, 2.45) is 0 Å². The molecule has 2 heterocycles. The monoisotopic (exact) mass is 283 g/mol. The molecule has 1 aromatic heterocycles. The highest BCUT2D eigenvalue weighted by molar-refractivity contribution is 5.60. The first-order chi connectivity index (χ1) is 10.3. The molecule has 3 heteroatoms. The zero-order valence-electron chi connectivity index (χ0n) is 13.1. The maximum atomic E-state index is 3.55. The molecule has 1 aliphatic rings. The van der Waals surface area contributed by atoms with Gasteiger partial charge in [0.1, 0.15) is 0 Å². The average molecular weight is 283 g/mol. The van der Waals surface area contributed by atoms with Gasteiger partial charge in [-0.2, -0.15) is 0 Å². The topological polar surface area (TPSA) is 20.2 Å². The van der Waals surface area contributed by atoms with Gasteiger partial charge in [-0.1, -0.05) is 0 Å². The lowest BCUT2D eigenvalue weighted by atomic mass is 10.1. The molecule has 0 bridgehead atoms. The minimum Gasteiger partial charge on any atom is -0.381 e. The summed E-state index contributed by atoms with van der Waals surface area (Å²) >= 11 is 0. The van der Waals surface area contributed by atoms with Gasteiger partial charge in [-0.05, 0) is 62.1 Å². The molecule has 1 saturated heterocycles. The standard InChI is InChI=1S/C18H25N3/c1-3-20-11-8-16(14-20)13-19-18-7-6-17(12-15(18)2)21-9-4-5-10-21/h6-8,11-12,14,19H,3-5,9-10,13H2,1-2H3. The summed E-state index contributed by atoms with van der Waals surface area (Å²) in [4.78, 5) is 2.48. The number of aromatic nitrogens is 1. The zero-order chi connectivity index (χ0) is 14.7. The van der Waals surface area contributed by atoms with E-state index in [9.17, 15) is 0 Å². The highest BCUT2D eigenvalue weighted by Gasteiger charge is 2.12. The summed E-state index contributed by atoms with van der Waals surface area (Å²) in [6.07, 6.45) is 7.00. The zero-order valence-corrected chi connectivity index (χ0v) is 13.1. The first kappa shape index (κ1) is 14.1. The Hall–Kier alpha value is -1.90. The van der Waals surface area contributed by atoms with Crippen molar-refractivity contribution in [2.75, 3.05) is 23.3 Å². The Labute approximate surface area is 127 Å². The fourth-order valence-electron chi connectivity index (χ4n) is 3.01. The summed E-state index contributed by atoms with van der Waals surface area (Å²) < 4.78 is 2.21. The first-order valence-electron chi connectivity index (χ1n) is 8.00. The molecule has 0 spiro atoms. The van der Waals surface area contributed by atoms with Crippen LogP contribution in [0.5, 0.6) is 0 Å². The second-order valence-electron chi connectivity index (χ2n) is 5.90. The SMILES string of the molecule is CCn1ccc(CNc2ccc(N3CCCC3)cc2C)c1. The fourth-order valence-corrected chi connectivity index (χ4v) is 3.01. The van der Waals surface area contributed by atoms with Crippen LogP contribution in [0.1, 0.15) is 30.9 Å². The molecule has 1 N–H and O–H groups in total. The molecular weight excluding hydrogens is 258 g/mol. The lowest BCUT2D eigenvalue weighted by Gasteiger charge is -2.19. The van der Waals surface area contributed by atoms with E-state index in [0.717, 1.165) is 13.1 Å². The Morgan fingerprint density at radius 1 is 1.14 bits per heavy atom. The molecule has 0 saturated carbocycles. The Kier molecular flexibility index (Phi) is 4.18. The minimum atomic E-state index is 0.886. The average Bonchev–Trinajstić information content (AvgIpc) is 3.17. The normalized spacial score (nSPS) is 14.7. The van der Waals surface area contributed by atoms with E-state index in [-0.39, 0.29) is 0 Å². The molecule has 0 atom stereocenters. The summed E-state index contributed by atoms with van der Waals surface area (Å²) in [5, 5.41) is 3.55. The van der Waals surface area contributed by atoms with E-state index in [1.54, 1.807) is 0 Å². The smallest absolute Gasteiger partial charge is 0.0415 e. The second kappa shape index (κ2) is 6.25. The molecule has 0 aliphatic carbocycles. The van der Waals surface area contributed by atoms with Gasteiger partial charge in [-0.15, -0.1) is 0 Å². The highest BCUT2D eigenvalue weighted by Crippen LogP contribution is 2.25. The number of nitrogens with one attached hydrogen (secondary N) is 1. The van der Waals surface area contributed by atoms with Crippen molar-refractivity contribution in [1.29, 1.82) is 0 Å². The number of benzene rings is 1. The fraction of sp³-hybridized carbons (Fsp3) is 0.444. The first-order valence-corrected chi connectivity index (χ1v) is 8.00. The molecule has 0 amide bonds. The summed E-state index contributed by atoms with van der Waals surface area (Å²) in [5.41, 5.74) is 5.27. The molecule has 0 radical (unpaired) electrons. The van der Waals surface area contributed by atoms with Gasteiger partial charge in [0.05, 0.1) is 0 Å². The van der Waals surface area contributed by atoms with Crippen LogP contribution in [-0.4, -0.2) is 17.7 Å². The number of rotatable bonds is 5. The Balaban J connectivity index is 1.65. The van der Waals surface area contributed by atoms with E-state index in [4.69, 9.17) is 0 Å². The van der Waals surface area contributed by atoms with Crippen molar-refractivity contribution in [3.05, 3.63) is 47.8 Å². The van der Waals surface area contributed by atoms with Gasteiger partial charge in [-0.3, -0.25) is 0 Å². The van der Waals surface area contributed by atoms with Crippen LogP contribution < -0.4 is 10.2 Å². The maximum absolute atomic E-state index is 3.55. The van der Waals surface area contributed by atoms with Crippen molar-refractivity contribution in [1.82, 2.24) is 4.57 Å². The van der Waals surface area contributed by atoms with E-state index in [1.165, 1.54) is 48.4 Å². The maximum Gasteiger partial charge on any atom is 0.0415 e. The van der Waals surface area contributed by atoms with Gasteiger partial charge in [0.15, 0.2) is 0 Å². The van der Waals surface area contributed by atoms with Crippen LogP contribution in [-0.2, 0) is 13.1 Å². The number of hydrogen-bond acceptors (Lipinski definition) is 2. The molecule has 0 unspecified atom stereocenters. The summed E-state index contributed by atoms with van der Waals surface area (Å²) in [6.45, 7) is 8.69. The van der Waals surface area contributed by atoms with Crippen molar-refractivity contribution in [2.45, 2.75) is 39.8 Å². The highest BCUT2D eigenvalue weighted by atomic mass is 15.1. The van der Waals surface area contributed by atoms with Crippen LogP contribution in [0.4, 0.5) is 11.4 Å². The molecule has 1 aromatic carbocycles. The lowest BCUT2D eigenvalue weighted by Crippen LogP contribution is -2.17. The third-order valence-electron chi connectivity index (χ3n) is 4.34. The Morgan fingerprint density at radius 2 is 1.95 bits per heavy atom. The molecular formula is C18H25N3. The predicted octanol–water partition coefficient (Wildman–Crippen LogP) is 4.03. The van der Waals surface area contributed by atoms with Crippen molar-refractivity contribution in [3.8, 4) is 0 Å². The van der Waals surface area contributed by atoms with Crippen molar-refractivity contribution >= 4 is 11.4 Å². The van der Waals surface area contributed by atoms with Gasteiger partial charge in [0, 0.05) is 49.9 Å². The molecule has 21 heavy (non-hydrogen) atoms. The summed E-state index contributed by atoms with van der Waals surface area (Å²) in [6, 6.07) is 8.97. The van der Waals surface area contributed by atoms with Crippen molar-refractivity contribution in [3.63, 3.8) is 0 Å². The van der Waals surface area contributed by atoms with Gasteiger partial charge in [0.2, 0.25) is 0 Å². The van der Waals surface area contributed by atoms with Gasteiger partial charge >= 0.3 is 0 Å². The van der Waals surface area contributed by atoms with Crippen LogP contribution in [0.2, 0.25) is 0 Å². The molecule has 2 aromatic rings. The van der Waals surface area contributed by atoms with Crippen molar-refractivity contribution < 1.29 is 0 Å². The number of nitrogens with zero attached hydrogens (tertiary/aromatic N) is 2. The molecule has 3 nitrogen and oxygen atoms in total. The lowest BCUT2D eigenvalue weighted by molar-refractivity contribution is 0.766. The van der Waals surface area contributed by atoms with Crippen LogP contribution >= 0.6 is 0 Å². The summed E-state index contributed by atoms with van der Waals surface area (Å²) in [7, 11) is 0. The third kappa shape index (κ3) is 3.23. The number of aryl methyl sites for hydroxylation is 2. The Morgan fingerprint density at radius 3 is 2.62 bits per heavy atom. The second-order valence-corrected chi connectivity index (χ2v) is 5.90. The van der Waals surface area contributed by atoms with E-state index in [1.807, 2.05) is 0 Å². The number of anilines is 2. The minimum absolute atomic E-state index is 0.886. The van der Waals surface area contributed by atoms with E-state index in [0.29, 0.717) is 0 Å². The molecule has 1 fully saturated rings. The summed E-state index contributed by atoms with van der Waals surface area (Å²) in [5.74, 6) is 0. The quantitative estimate of drug-likeness (QED) is 0.894. The van der Waals surface area contributed by atoms with E-state index < -0.39 is 0 Å². The number of hydrogen-bond donors (Lipinski definition) is 1. The van der Waals surface area contributed by atoms with Gasteiger partial charge in [-0.25, -0.2) is 0 Å². The molecule has 1 aliphatic heterocycles. The predicted molar refractivity (Wildman–Crippen MR) is 90.1 cm³/mol. The Bertz CT molecular complexity index is 594. The molecule has 112 valence electrons. The van der Waals surface area contributed by atoms with Crippen LogP contribution in [0.25, 0.3) is 0 Å². The van der Waals surface area contributed by atoms with Gasteiger partial charge in [0.25, 0.3) is 0 Å². The van der Waals surface area contributed by atoms with E-state index >= 15 is 0 Å². The van der Waals surface area contributed by atoms with E-state index in [2.05, 4.69) is 65.3 Å². The third-order valence-corrected chi connectivity index (χ3v) is 4.34. The molecule has 3 rings (SSSR count). The van der Waals surface area contributed by atoms with Crippen LogP contribution in [0, 0.1) is 6.92 Å². The largest absolute Gasteiger partial charge is 0.381 e. The van der Waals surface area contributed by atoms with Crippen LogP contribution in [0.3, 0.4) is 0 Å². The van der Waals surface area contributed by atoms with Crippen LogP contribution in [0.15, 0.2) is 36.7 Å². The van der Waals surface area contributed by atoms with Gasteiger partial charge < -0.3 is 14.8 Å².